The van der Waals surface area contributed by atoms with E-state index >= 15 is 0 Å². The molecule has 1 N–H and O–H groups in total. The number of amides is 1. The molecule has 1 amide bonds. The highest BCUT2D eigenvalue weighted by Crippen LogP contribution is 2.20. The molecular weight excluding hydrogens is 296 g/mol. The minimum Gasteiger partial charge on any atom is -0.352 e. The highest BCUT2D eigenvalue weighted by atomic mass is 32.1. The van der Waals surface area contributed by atoms with Crippen molar-refractivity contribution in [3.63, 3.8) is 0 Å². The third-order valence-electron chi connectivity index (χ3n) is 4.69. The maximum absolute atomic E-state index is 12.1. The fourth-order valence-corrected chi connectivity index (χ4v) is 3.80. The molecule has 1 atom stereocenters. The number of nitrogens with one attached hydrogen (secondary N) is 1. The number of hydrogen-bond acceptors (Lipinski definition) is 5. The molecule has 0 spiro atoms. The van der Waals surface area contributed by atoms with E-state index in [1.165, 1.54) is 9.88 Å². The summed E-state index contributed by atoms with van der Waals surface area (Å²) in [5.74, 6) is 0.196. The Kier molecular flexibility index (Phi) is 4.80. The Hall–Kier alpha value is -0.980. The lowest BCUT2D eigenvalue weighted by atomic mass is 10.2. The Bertz CT molecular complexity index is 513. The number of aromatic nitrogens is 1. The monoisotopic (exact) mass is 322 g/mol. The van der Waals surface area contributed by atoms with Crippen LogP contribution in [0.3, 0.4) is 0 Å². The minimum absolute atomic E-state index is 0.00731. The van der Waals surface area contributed by atoms with E-state index in [2.05, 4.69) is 33.9 Å². The van der Waals surface area contributed by atoms with E-state index in [-0.39, 0.29) is 11.9 Å². The predicted molar refractivity (Wildman–Crippen MR) is 89.1 cm³/mol. The summed E-state index contributed by atoms with van der Waals surface area (Å²) >= 11 is 1.80. The van der Waals surface area contributed by atoms with Gasteiger partial charge in [-0.3, -0.25) is 14.6 Å². The fourth-order valence-electron chi connectivity index (χ4n) is 2.82. The van der Waals surface area contributed by atoms with Gasteiger partial charge in [0.05, 0.1) is 18.3 Å². The quantitative estimate of drug-likeness (QED) is 0.893. The molecule has 2 fully saturated rings. The van der Waals surface area contributed by atoms with Crippen LogP contribution in [0, 0.1) is 13.8 Å². The van der Waals surface area contributed by atoms with E-state index in [0.717, 1.165) is 51.3 Å². The van der Waals surface area contributed by atoms with Crippen molar-refractivity contribution in [1.29, 1.82) is 0 Å². The summed E-state index contributed by atoms with van der Waals surface area (Å²) in [5, 5.41) is 4.32. The van der Waals surface area contributed by atoms with Crippen LogP contribution < -0.4 is 5.32 Å². The number of hydrogen-bond donors (Lipinski definition) is 1. The Morgan fingerprint density at radius 3 is 2.55 bits per heavy atom. The molecule has 1 aliphatic carbocycles. The molecule has 0 unspecified atom stereocenters. The van der Waals surface area contributed by atoms with Gasteiger partial charge in [-0.1, -0.05) is 0 Å². The zero-order chi connectivity index (χ0) is 15.7. The molecule has 22 heavy (non-hydrogen) atoms. The summed E-state index contributed by atoms with van der Waals surface area (Å²) in [6, 6.07) is 0.444. The topological polar surface area (TPSA) is 48.5 Å². The molecule has 0 bridgehead atoms. The van der Waals surface area contributed by atoms with Gasteiger partial charge in [-0.2, -0.15) is 0 Å². The van der Waals surface area contributed by atoms with Gasteiger partial charge in [0.2, 0.25) is 5.91 Å². The van der Waals surface area contributed by atoms with Crippen molar-refractivity contribution in [2.24, 2.45) is 0 Å². The van der Waals surface area contributed by atoms with Crippen molar-refractivity contribution in [3.05, 3.63) is 15.6 Å². The summed E-state index contributed by atoms with van der Waals surface area (Å²) in [4.78, 5) is 22.8. The summed E-state index contributed by atoms with van der Waals surface area (Å²) in [5.41, 5.74) is 1.16. The zero-order valence-electron chi connectivity index (χ0n) is 13.8. The number of piperazine rings is 1. The van der Waals surface area contributed by atoms with Crippen LogP contribution in [-0.2, 0) is 11.3 Å². The molecule has 122 valence electrons. The van der Waals surface area contributed by atoms with Crippen molar-refractivity contribution in [3.8, 4) is 0 Å². The summed E-state index contributed by atoms with van der Waals surface area (Å²) in [6.45, 7) is 11.1. The Labute approximate surface area is 136 Å². The van der Waals surface area contributed by atoms with Gasteiger partial charge in [0, 0.05) is 37.1 Å². The van der Waals surface area contributed by atoms with Crippen molar-refractivity contribution in [2.45, 2.75) is 52.2 Å². The largest absolute Gasteiger partial charge is 0.352 e. The molecule has 2 aliphatic rings. The van der Waals surface area contributed by atoms with E-state index in [0.29, 0.717) is 6.04 Å². The third kappa shape index (κ3) is 3.86. The smallest absolute Gasteiger partial charge is 0.237 e. The molecule has 3 rings (SSSR count). The normalized spacial score (nSPS) is 21.8. The molecule has 1 aliphatic heterocycles. The van der Waals surface area contributed by atoms with Gasteiger partial charge in [0.1, 0.15) is 5.01 Å². The maximum Gasteiger partial charge on any atom is 0.237 e. The first-order valence-corrected chi connectivity index (χ1v) is 9.04. The van der Waals surface area contributed by atoms with Crippen LogP contribution in [0.25, 0.3) is 0 Å². The average molecular weight is 322 g/mol. The van der Waals surface area contributed by atoms with E-state index < -0.39 is 0 Å². The molecule has 1 aromatic heterocycles. The summed E-state index contributed by atoms with van der Waals surface area (Å²) in [7, 11) is 0. The lowest BCUT2D eigenvalue weighted by Gasteiger charge is -2.37. The number of thiazole rings is 1. The highest BCUT2D eigenvalue weighted by molar-refractivity contribution is 7.11. The molecule has 1 saturated heterocycles. The molecule has 0 radical (unpaired) electrons. The standard InChI is InChI=1S/C16H26N4OS/c1-11-13(3)22-15(17-11)10-19-6-8-20(9-7-19)12(2)16(21)18-14-4-5-14/h12,14H,4-10H2,1-3H3,(H,18,21)/t12-/m1/s1. The van der Waals surface area contributed by atoms with E-state index in [9.17, 15) is 4.79 Å². The maximum atomic E-state index is 12.1. The van der Waals surface area contributed by atoms with Gasteiger partial charge in [-0.25, -0.2) is 4.98 Å². The Morgan fingerprint density at radius 1 is 1.32 bits per heavy atom. The van der Waals surface area contributed by atoms with E-state index in [1.54, 1.807) is 11.3 Å². The molecule has 1 aromatic rings. The summed E-state index contributed by atoms with van der Waals surface area (Å²) < 4.78 is 0. The molecule has 6 heteroatoms. The highest BCUT2D eigenvalue weighted by Gasteiger charge is 2.30. The van der Waals surface area contributed by atoms with Crippen molar-refractivity contribution >= 4 is 17.2 Å². The van der Waals surface area contributed by atoms with Crippen LogP contribution in [0.1, 0.15) is 35.3 Å². The minimum atomic E-state index is -0.00731. The van der Waals surface area contributed by atoms with Crippen molar-refractivity contribution in [2.75, 3.05) is 26.2 Å². The first-order chi connectivity index (χ1) is 10.5. The van der Waals surface area contributed by atoms with Gasteiger partial charge < -0.3 is 5.32 Å². The van der Waals surface area contributed by atoms with Crippen LogP contribution in [0.5, 0.6) is 0 Å². The van der Waals surface area contributed by atoms with Gasteiger partial charge in [-0.15, -0.1) is 11.3 Å². The van der Waals surface area contributed by atoms with E-state index in [4.69, 9.17) is 0 Å². The van der Waals surface area contributed by atoms with Gasteiger partial charge in [0.15, 0.2) is 0 Å². The molecule has 2 heterocycles. The van der Waals surface area contributed by atoms with Crippen molar-refractivity contribution < 1.29 is 4.79 Å². The third-order valence-corrected chi connectivity index (χ3v) is 5.75. The Morgan fingerprint density at radius 2 is 2.00 bits per heavy atom. The fraction of sp³-hybridized carbons (Fsp3) is 0.750. The van der Waals surface area contributed by atoms with Crippen LogP contribution in [0.15, 0.2) is 0 Å². The first kappa shape index (κ1) is 15.9. The average Bonchev–Trinajstić information content (AvgIpc) is 3.25. The van der Waals surface area contributed by atoms with Gasteiger partial charge in [-0.05, 0) is 33.6 Å². The molecule has 0 aromatic carbocycles. The van der Waals surface area contributed by atoms with Crippen LogP contribution in [-0.4, -0.2) is 59.0 Å². The number of nitrogens with zero attached hydrogens (tertiary/aromatic N) is 3. The van der Waals surface area contributed by atoms with Crippen LogP contribution in [0.2, 0.25) is 0 Å². The van der Waals surface area contributed by atoms with E-state index in [1.807, 2.05) is 6.92 Å². The lowest BCUT2D eigenvalue weighted by Crippen LogP contribution is -2.53. The molecule has 5 nitrogen and oxygen atoms in total. The second-order valence-electron chi connectivity index (χ2n) is 6.52. The SMILES string of the molecule is Cc1nc(CN2CCN([C@H](C)C(=O)NC3CC3)CC2)sc1C. The summed E-state index contributed by atoms with van der Waals surface area (Å²) in [6.07, 6.45) is 2.30. The number of rotatable bonds is 5. The predicted octanol–water partition coefficient (Wildman–Crippen LogP) is 1.54. The van der Waals surface area contributed by atoms with Gasteiger partial charge >= 0.3 is 0 Å². The number of aryl methyl sites for hydroxylation is 2. The van der Waals surface area contributed by atoms with Crippen LogP contribution >= 0.6 is 11.3 Å². The Balaban J connectivity index is 1.46. The van der Waals surface area contributed by atoms with Crippen molar-refractivity contribution in [1.82, 2.24) is 20.1 Å². The molecular formula is C16H26N4OS. The van der Waals surface area contributed by atoms with Gasteiger partial charge in [0.25, 0.3) is 0 Å². The number of carbonyl (C=O) groups is 1. The lowest BCUT2D eigenvalue weighted by molar-refractivity contribution is -0.126. The molecule has 1 saturated carbocycles. The van der Waals surface area contributed by atoms with Crippen LogP contribution in [0.4, 0.5) is 0 Å². The first-order valence-electron chi connectivity index (χ1n) is 8.22. The number of carbonyl (C=O) groups excluding carboxylic acids is 1. The second-order valence-corrected chi connectivity index (χ2v) is 7.81. The second kappa shape index (κ2) is 6.64. The zero-order valence-corrected chi connectivity index (χ0v) is 14.6.